The van der Waals surface area contributed by atoms with E-state index < -0.39 is 10.0 Å². The van der Waals surface area contributed by atoms with Crippen LogP contribution < -0.4 is 5.32 Å². The molecule has 1 aromatic carbocycles. The number of hydrogen-bond acceptors (Lipinski definition) is 4. The Morgan fingerprint density at radius 1 is 0.903 bits per heavy atom. The second-order valence-electron chi connectivity index (χ2n) is 10.2. The van der Waals surface area contributed by atoms with E-state index in [1.165, 1.54) is 55.5 Å². The third-order valence-corrected chi connectivity index (χ3v) is 10.2. The van der Waals surface area contributed by atoms with Crippen LogP contribution in [0.25, 0.3) is 0 Å². The van der Waals surface area contributed by atoms with E-state index in [9.17, 15) is 18.0 Å². The monoisotopic (exact) mass is 444 g/mol. The van der Waals surface area contributed by atoms with E-state index in [-0.39, 0.29) is 22.5 Å². The van der Waals surface area contributed by atoms with Crippen molar-refractivity contribution in [2.75, 3.05) is 13.1 Å². The Morgan fingerprint density at radius 2 is 1.45 bits per heavy atom. The van der Waals surface area contributed by atoms with Crippen molar-refractivity contribution in [1.29, 1.82) is 0 Å². The topological polar surface area (TPSA) is 83.6 Å². The van der Waals surface area contributed by atoms with Crippen molar-refractivity contribution >= 4 is 21.7 Å². The Kier molecular flexibility index (Phi) is 5.45. The zero-order valence-corrected chi connectivity index (χ0v) is 18.9. The lowest BCUT2D eigenvalue weighted by Crippen LogP contribution is -2.57. The molecule has 7 heteroatoms. The zero-order valence-electron chi connectivity index (χ0n) is 18.1. The van der Waals surface area contributed by atoms with Gasteiger partial charge in [0.15, 0.2) is 5.78 Å². The van der Waals surface area contributed by atoms with Gasteiger partial charge in [-0.15, -0.1) is 0 Å². The van der Waals surface area contributed by atoms with Crippen LogP contribution in [0.5, 0.6) is 0 Å². The Labute approximate surface area is 184 Å². The maximum atomic E-state index is 13.0. The van der Waals surface area contributed by atoms with E-state index in [1.807, 2.05) is 0 Å². The molecule has 1 heterocycles. The Bertz CT molecular complexity index is 936. The molecule has 1 aliphatic heterocycles. The fraction of sp³-hybridized carbons (Fsp3) is 0.667. The number of carbonyl (C=O) groups excluding carboxylic acids is 2. The zero-order chi connectivity index (χ0) is 21.8. The molecule has 168 valence electrons. The highest BCUT2D eigenvalue weighted by molar-refractivity contribution is 7.89. The molecule has 0 spiro atoms. The molecule has 31 heavy (non-hydrogen) atoms. The van der Waals surface area contributed by atoms with Gasteiger partial charge in [0.05, 0.1) is 4.90 Å². The Balaban J connectivity index is 1.18. The highest BCUT2D eigenvalue weighted by Gasteiger charge is 2.49. The number of nitrogens with zero attached hydrogens (tertiary/aromatic N) is 1. The molecule has 5 aliphatic rings. The SMILES string of the molecule is CC(=O)c1ccc(S(=O)(=O)N2CCC(C(=O)NC3C4CC5CC(C4)CC3C5)CC2)cc1. The summed E-state index contributed by atoms with van der Waals surface area (Å²) in [5.74, 6) is 3.00. The summed E-state index contributed by atoms with van der Waals surface area (Å²) in [6.45, 7) is 2.18. The molecule has 4 saturated carbocycles. The number of amides is 1. The number of ketones is 1. The van der Waals surface area contributed by atoms with Crippen molar-refractivity contribution < 1.29 is 18.0 Å². The second-order valence-corrected chi connectivity index (χ2v) is 12.2. The number of piperidine rings is 1. The Hall–Kier alpha value is -1.73. The molecule has 4 bridgehead atoms. The van der Waals surface area contributed by atoms with Crippen LogP contribution in [0.3, 0.4) is 0 Å². The average Bonchev–Trinajstić information content (AvgIpc) is 2.75. The van der Waals surface area contributed by atoms with Gasteiger partial charge < -0.3 is 5.32 Å². The van der Waals surface area contributed by atoms with E-state index in [0.29, 0.717) is 49.4 Å². The number of hydrogen-bond donors (Lipinski definition) is 1. The van der Waals surface area contributed by atoms with Gasteiger partial charge in [-0.2, -0.15) is 4.31 Å². The third-order valence-electron chi connectivity index (χ3n) is 8.26. The van der Waals surface area contributed by atoms with E-state index >= 15 is 0 Å². The summed E-state index contributed by atoms with van der Waals surface area (Å²) < 4.78 is 27.4. The summed E-state index contributed by atoms with van der Waals surface area (Å²) in [7, 11) is -3.60. The number of sulfonamides is 1. The van der Waals surface area contributed by atoms with Crippen LogP contribution in [0.2, 0.25) is 0 Å². The summed E-state index contributed by atoms with van der Waals surface area (Å²) in [6, 6.07) is 6.44. The first-order chi connectivity index (χ1) is 14.8. The first-order valence-corrected chi connectivity index (χ1v) is 13.2. The first kappa shape index (κ1) is 21.1. The molecular formula is C24H32N2O4S. The van der Waals surface area contributed by atoms with Gasteiger partial charge in [0.2, 0.25) is 15.9 Å². The Morgan fingerprint density at radius 3 is 1.97 bits per heavy atom. The maximum absolute atomic E-state index is 13.0. The van der Waals surface area contributed by atoms with Gasteiger partial charge in [0.25, 0.3) is 0 Å². The minimum absolute atomic E-state index is 0.0880. The standard InChI is InChI=1S/C24H32N2O4S/c1-15(27)18-2-4-22(5-3-18)31(29,30)26-8-6-19(7-9-26)24(28)25-23-20-11-16-10-17(13-20)14-21(23)12-16/h2-5,16-17,19-21,23H,6-14H2,1H3,(H,25,28). The summed E-state index contributed by atoms with van der Waals surface area (Å²) in [4.78, 5) is 24.6. The second kappa shape index (κ2) is 8.00. The molecule has 4 aliphatic carbocycles. The van der Waals surface area contributed by atoms with Crippen molar-refractivity contribution in [2.45, 2.75) is 62.8 Å². The normalized spacial score (nSPS) is 33.4. The van der Waals surface area contributed by atoms with Gasteiger partial charge in [-0.1, -0.05) is 12.1 Å². The van der Waals surface area contributed by atoms with Gasteiger partial charge >= 0.3 is 0 Å². The van der Waals surface area contributed by atoms with Crippen LogP contribution in [-0.2, 0) is 14.8 Å². The molecule has 5 fully saturated rings. The molecular weight excluding hydrogens is 412 g/mol. The van der Waals surface area contributed by atoms with E-state index in [1.54, 1.807) is 12.1 Å². The van der Waals surface area contributed by atoms with Crippen LogP contribution in [0, 0.1) is 29.6 Å². The molecule has 6 rings (SSSR count). The van der Waals surface area contributed by atoms with Gasteiger partial charge in [0, 0.05) is 30.6 Å². The highest BCUT2D eigenvalue weighted by atomic mass is 32.2. The summed E-state index contributed by atoms with van der Waals surface area (Å²) in [6.07, 6.45) is 7.62. The van der Waals surface area contributed by atoms with E-state index in [2.05, 4.69) is 5.32 Å². The number of Topliss-reactive ketones (excluding diaryl/α,β-unsaturated/α-hetero) is 1. The van der Waals surface area contributed by atoms with Crippen LogP contribution in [-0.4, -0.2) is 43.5 Å². The highest BCUT2D eigenvalue weighted by Crippen LogP contribution is 2.53. The minimum atomic E-state index is -3.60. The molecule has 0 unspecified atom stereocenters. The summed E-state index contributed by atoms with van der Waals surface area (Å²) >= 11 is 0. The first-order valence-electron chi connectivity index (χ1n) is 11.7. The molecule has 1 amide bonds. The van der Waals surface area contributed by atoms with Crippen LogP contribution in [0.15, 0.2) is 29.2 Å². The lowest BCUT2D eigenvalue weighted by molar-refractivity contribution is -0.130. The predicted octanol–water partition coefficient (Wildman–Crippen LogP) is 3.23. The van der Waals surface area contributed by atoms with E-state index in [4.69, 9.17) is 0 Å². The molecule has 0 atom stereocenters. The minimum Gasteiger partial charge on any atom is -0.353 e. The van der Waals surface area contributed by atoms with Crippen LogP contribution in [0.4, 0.5) is 0 Å². The number of carbonyl (C=O) groups is 2. The summed E-state index contributed by atoms with van der Waals surface area (Å²) in [5.41, 5.74) is 0.499. The summed E-state index contributed by atoms with van der Waals surface area (Å²) in [5, 5.41) is 3.39. The average molecular weight is 445 g/mol. The molecule has 1 N–H and O–H groups in total. The van der Waals surface area contributed by atoms with Crippen molar-refractivity contribution in [3.63, 3.8) is 0 Å². The largest absolute Gasteiger partial charge is 0.353 e. The molecule has 0 aromatic heterocycles. The van der Waals surface area contributed by atoms with E-state index in [0.717, 1.165) is 11.8 Å². The van der Waals surface area contributed by atoms with Crippen molar-refractivity contribution in [2.24, 2.45) is 29.6 Å². The van der Waals surface area contributed by atoms with Gasteiger partial charge in [-0.25, -0.2) is 8.42 Å². The fourth-order valence-electron chi connectivity index (χ4n) is 6.81. The fourth-order valence-corrected chi connectivity index (χ4v) is 8.28. The smallest absolute Gasteiger partial charge is 0.243 e. The predicted molar refractivity (Wildman–Crippen MR) is 117 cm³/mol. The van der Waals surface area contributed by atoms with Crippen LogP contribution in [0.1, 0.15) is 62.2 Å². The maximum Gasteiger partial charge on any atom is 0.243 e. The number of nitrogens with one attached hydrogen (secondary N) is 1. The number of benzene rings is 1. The molecule has 1 saturated heterocycles. The lowest BCUT2D eigenvalue weighted by atomic mass is 9.54. The quantitative estimate of drug-likeness (QED) is 0.707. The van der Waals surface area contributed by atoms with Gasteiger partial charge in [-0.05, 0) is 87.7 Å². The third kappa shape index (κ3) is 3.95. The molecule has 1 aromatic rings. The van der Waals surface area contributed by atoms with Crippen LogP contribution >= 0.6 is 0 Å². The van der Waals surface area contributed by atoms with Crippen molar-refractivity contribution in [3.05, 3.63) is 29.8 Å². The molecule has 6 nitrogen and oxygen atoms in total. The van der Waals surface area contributed by atoms with Crippen molar-refractivity contribution in [1.82, 2.24) is 9.62 Å². The lowest BCUT2D eigenvalue weighted by Gasteiger charge is -2.54. The van der Waals surface area contributed by atoms with Gasteiger partial charge in [-0.3, -0.25) is 9.59 Å². The molecule has 0 radical (unpaired) electrons. The van der Waals surface area contributed by atoms with Crippen molar-refractivity contribution in [3.8, 4) is 0 Å². The number of rotatable bonds is 5. The van der Waals surface area contributed by atoms with Gasteiger partial charge in [0.1, 0.15) is 0 Å².